The number of rotatable bonds is 0. The lowest BCUT2D eigenvalue weighted by molar-refractivity contribution is -0.188. The van der Waals surface area contributed by atoms with Gasteiger partial charge >= 0.3 is 0 Å². The Labute approximate surface area is 162 Å². The number of hydrogen-bond acceptors (Lipinski definition) is 4. The normalized spacial score (nSPS) is 57.7. The van der Waals surface area contributed by atoms with E-state index in [0.717, 1.165) is 36.0 Å². The molecule has 0 spiro atoms. The molecular formula is C22H34N2OS. The quantitative estimate of drug-likeness (QED) is 0.678. The highest BCUT2D eigenvalue weighted by Gasteiger charge is 2.72. The number of hydrogen-bond donors (Lipinski definition) is 1. The van der Waals surface area contributed by atoms with E-state index in [-0.39, 0.29) is 5.41 Å². The highest BCUT2D eigenvalue weighted by molar-refractivity contribution is 8.14. The molecule has 26 heavy (non-hydrogen) atoms. The van der Waals surface area contributed by atoms with E-state index in [0.29, 0.717) is 16.6 Å². The molecule has 4 aliphatic carbocycles. The van der Waals surface area contributed by atoms with Crippen molar-refractivity contribution in [3.05, 3.63) is 0 Å². The Bertz CT molecular complexity index is 667. The van der Waals surface area contributed by atoms with Gasteiger partial charge in [0.1, 0.15) is 0 Å². The summed E-state index contributed by atoms with van der Waals surface area (Å²) in [7, 11) is 0. The number of aliphatic imine (C=N–C) groups is 1. The third kappa shape index (κ3) is 1.76. The van der Waals surface area contributed by atoms with Crippen molar-refractivity contribution in [3.8, 4) is 0 Å². The molecule has 0 unspecified atom stereocenters. The molecule has 0 bridgehead atoms. The summed E-state index contributed by atoms with van der Waals surface area (Å²) in [6, 6.07) is 0. The second-order valence-electron chi connectivity index (χ2n) is 10.7. The predicted molar refractivity (Wildman–Crippen MR) is 107 cm³/mol. The smallest absolute Gasteiger partial charge is 0.162 e. The molecule has 0 amide bonds. The third-order valence-corrected chi connectivity index (χ3v) is 11.6. The summed E-state index contributed by atoms with van der Waals surface area (Å²) < 4.78 is 0. The Morgan fingerprint density at radius 3 is 2.85 bits per heavy atom. The molecule has 0 aromatic rings. The third-order valence-electron chi connectivity index (χ3n) is 10.2. The molecule has 8 atom stereocenters. The van der Waals surface area contributed by atoms with E-state index >= 15 is 0 Å². The van der Waals surface area contributed by atoms with E-state index in [4.69, 9.17) is 0 Å². The first-order valence-corrected chi connectivity index (χ1v) is 12.1. The van der Waals surface area contributed by atoms with Crippen LogP contribution in [-0.4, -0.2) is 39.2 Å². The molecule has 2 aliphatic heterocycles. The zero-order chi connectivity index (χ0) is 17.7. The van der Waals surface area contributed by atoms with Gasteiger partial charge in [0.15, 0.2) is 10.9 Å². The van der Waals surface area contributed by atoms with Crippen molar-refractivity contribution >= 4 is 16.9 Å². The van der Waals surface area contributed by atoms with Gasteiger partial charge in [-0.3, -0.25) is 4.99 Å². The van der Waals surface area contributed by atoms with Crippen molar-refractivity contribution in [2.45, 2.75) is 82.6 Å². The molecule has 6 aliphatic rings. The van der Waals surface area contributed by atoms with Crippen molar-refractivity contribution < 1.29 is 5.11 Å². The number of nitrogens with zero attached hydrogens (tertiary/aromatic N) is 2. The minimum Gasteiger partial charge on any atom is -0.369 e. The monoisotopic (exact) mass is 374 g/mol. The molecule has 1 saturated heterocycles. The first-order chi connectivity index (χ1) is 12.5. The van der Waals surface area contributed by atoms with Crippen LogP contribution in [-0.2, 0) is 0 Å². The summed E-state index contributed by atoms with van der Waals surface area (Å²) in [6.45, 7) is 6.92. The molecule has 5 fully saturated rings. The fourth-order valence-corrected chi connectivity index (χ4v) is 10.5. The number of thioether (sulfide) groups is 1. The largest absolute Gasteiger partial charge is 0.369 e. The second-order valence-corrected chi connectivity index (χ2v) is 11.9. The van der Waals surface area contributed by atoms with Crippen molar-refractivity contribution in [2.24, 2.45) is 39.5 Å². The highest BCUT2D eigenvalue weighted by Crippen LogP contribution is 2.71. The standard InChI is InChI=1S/C22H34N2OS/c1-20-9-4-3-5-14(20)6-7-15-16(20)8-10-21(2)17(15)13-18-22(21,25)24-12-11-23-19(24)26-18/h14-18,25H,3-13H2,1-2H3/t14-,15+,16-,17-,18+,20-,21-,22-/m0/s1. The summed E-state index contributed by atoms with van der Waals surface area (Å²) in [5.74, 6) is 3.47. The Morgan fingerprint density at radius 1 is 1.08 bits per heavy atom. The number of amidine groups is 1. The van der Waals surface area contributed by atoms with E-state index in [9.17, 15) is 5.11 Å². The van der Waals surface area contributed by atoms with Gasteiger partial charge in [-0.2, -0.15) is 0 Å². The lowest BCUT2D eigenvalue weighted by Gasteiger charge is -2.61. The molecule has 6 rings (SSSR count). The minimum atomic E-state index is -0.632. The summed E-state index contributed by atoms with van der Waals surface area (Å²) >= 11 is 1.90. The zero-order valence-corrected chi connectivity index (χ0v) is 17.2. The van der Waals surface area contributed by atoms with Gasteiger partial charge in [0.2, 0.25) is 0 Å². The van der Waals surface area contributed by atoms with E-state index < -0.39 is 5.72 Å². The second kappa shape index (κ2) is 5.23. The summed E-state index contributed by atoms with van der Waals surface area (Å²) in [6.07, 6.45) is 12.5. The Balaban J connectivity index is 1.37. The van der Waals surface area contributed by atoms with E-state index in [1.807, 2.05) is 11.8 Å². The lowest BCUT2D eigenvalue weighted by atomic mass is 9.45. The molecule has 1 N–H and O–H groups in total. The van der Waals surface area contributed by atoms with Gasteiger partial charge in [-0.25, -0.2) is 0 Å². The first kappa shape index (κ1) is 16.7. The lowest BCUT2D eigenvalue weighted by Crippen LogP contribution is -2.62. The van der Waals surface area contributed by atoms with Crippen LogP contribution in [0, 0.1) is 34.5 Å². The fourth-order valence-electron chi connectivity index (χ4n) is 8.85. The van der Waals surface area contributed by atoms with Crippen LogP contribution in [0.4, 0.5) is 0 Å². The van der Waals surface area contributed by atoms with Crippen LogP contribution in [0.15, 0.2) is 4.99 Å². The van der Waals surface area contributed by atoms with Crippen LogP contribution in [0.25, 0.3) is 0 Å². The number of fused-ring (bicyclic) bond motifs is 9. The molecule has 144 valence electrons. The van der Waals surface area contributed by atoms with Crippen molar-refractivity contribution in [2.75, 3.05) is 13.1 Å². The Hall–Kier alpha value is -0.220. The van der Waals surface area contributed by atoms with Gasteiger partial charge < -0.3 is 10.0 Å². The molecule has 4 saturated carbocycles. The van der Waals surface area contributed by atoms with Gasteiger partial charge in [0.05, 0.1) is 11.8 Å². The zero-order valence-electron chi connectivity index (χ0n) is 16.4. The number of aliphatic hydroxyl groups is 1. The average Bonchev–Trinajstić information content (AvgIpc) is 3.25. The molecule has 4 heteroatoms. The molecule has 3 nitrogen and oxygen atoms in total. The molecule has 2 heterocycles. The van der Waals surface area contributed by atoms with E-state index in [1.165, 1.54) is 57.8 Å². The predicted octanol–water partition coefficient (Wildman–Crippen LogP) is 4.50. The van der Waals surface area contributed by atoms with Gasteiger partial charge in [0.25, 0.3) is 0 Å². The van der Waals surface area contributed by atoms with Crippen LogP contribution >= 0.6 is 11.8 Å². The van der Waals surface area contributed by atoms with Gasteiger partial charge in [-0.05, 0) is 74.0 Å². The molecule has 0 aromatic heterocycles. The average molecular weight is 375 g/mol. The fraction of sp³-hybridized carbons (Fsp3) is 0.955. The Morgan fingerprint density at radius 2 is 1.96 bits per heavy atom. The van der Waals surface area contributed by atoms with Crippen molar-refractivity contribution in [3.63, 3.8) is 0 Å². The van der Waals surface area contributed by atoms with Crippen LogP contribution in [0.1, 0.15) is 71.6 Å². The van der Waals surface area contributed by atoms with Gasteiger partial charge in [0, 0.05) is 12.0 Å². The highest BCUT2D eigenvalue weighted by atomic mass is 32.2. The van der Waals surface area contributed by atoms with Gasteiger partial charge in [-0.15, -0.1) is 0 Å². The first-order valence-electron chi connectivity index (χ1n) is 11.2. The maximum Gasteiger partial charge on any atom is 0.162 e. The maximum absolute atomic E-state index is 12.1. The van der Waals surface area contributed by atoms with Crippen LogP contribution < -0.4 is 0 Å². The van der Waals surface area contributed by atoms with Crippen molar-refractivity contribution in [1.29, 1.82) is 0 Å². The van der Waals surface area contributed by atoms with E-state index in [2.05, 4.69) is 23.7 Å². The maximum atomic E-state index is 12.1. The molecule has 0 radical (unpaired) electrons. The minimum absolute atomic E-state index is 0.0608. The summed E-state index contributed by atoms with van der Waals surface area (Å²) in [5.41, 5.74) is 0.0223. The van der Waals surface area contributed by atoms with Crippen LogP contribution in [0.3, 0.4) is 0 Å². The van der Waals surface area contributed by atoms with E-state index in [1.54, 1.807) is 0 Å². The molecular weight excluding hydrogens is 340 g/mol. The van der Waals surface area contributed by atoms with Gasteiger partial charge in [-0.1, -0.05) is 38.5 Å². The topological polar surface area (TPSA) is 35.8 Å². The SMILES string of the molecule is C[C@]12CCCC[C@H]1CC[C@@H]1[C@@H]2CC[C@@]2(C)[C@H]1C[C@H]1SC3=NCCN3[C@]12O. The summed E-state index contributed by atoms with van der Waals surface area (Å²) in [5, 5.41) is 13.6. The van der Waals surface area contributed by atoms with Crippen molar-refractivity contribution in [1.82, 2.24) is 4.90 Å². The molecule has 0 aromatic carbocycles. The van der Waals surface area contributed by atoms with Crippen LogP contribution in [0.5, 0.6) is 0 Å². The summed E-state index contributed by atoms with van der Waals surface area (Å²) in [4.78, 5) is 7.00. The van der Waals surface area contributed by atoms with Crippen LogP contribution in [0.2, 0.25) is 0 Å². The Kier molecular flexibility index (Phi) is 3.36.